The molecule has 0 amide bonds. The summed E-state index contributed by atoms with van der Waals surface area (Å²) >= 11 is 12.2. The van der Waals surface area contributed by atoms with Crippen LogP contribution >= 0.6 is 23.2 Å². The molecule has 0 spiro atoms. The molecule has 0 aliphatic heterocycles. The highest BCUT2D eigenvalue weighted by atomic mass is 35.5. The van der Waals surface area contributed by atoms with Crippen molar-refractivity contribution in [3.8, 4) is 17.1 Å². The highest BCUT2D eigenvalue weighted by Gasteiger charge is 2.13. The van der Waals surface area contributed by atoms with Gasteiger partial charge in [0.2, 0.25) is 0 Å². The molecule has 26 heavy (non-hydrogen) atoms. The summed E-state index contributed by atoms with van der Waals surface area (Å²) < 4.78 is 16.4. The number of carbonyl (C=O) groups is 1. The largest absolute Gasteiger partial charge is 0.494 e. The molecule has 0 saturated heterocycles. The maximum Gasteiger partial charge on any atom is 0.338 e. The monoisotopic (exact) mass is 390 g/mol. The number of hydrogen-bond acceptors (Lipinski definition) is 4. The van der Waals surface area contributed by atoms with Crippen molar-refractivity contribution in [2.24, 2.45) is 0 Å². The Bertz CT molecular complexity index is 918. The van der Waals surface area contributed by atoms with Crippen LogP contribution in [0.1, 0.15) is 23.0 Å². The number of halogens is 2. The van der Waals surface area contributed by atoms with Gasteiger partial charge in [-0.3, -0.25) is 0 Å². The van der Waals surface area contributed by atoms with Crippen molar-refractivity contribution in [2.75, 3.05) is 6.61 Å². The number of ether oxygens (including phenoxy) is 2. The van der Waals surface area contributed by atoms with Crippen molar-refractivity contribution >= 4 is 29.2 Å². The SMILES string of the molecule is CCOc1cccc(C(=O)OCc2ccc(-c3cccc(Cl)c3Cl)o2)c1. The van der Waals surface area contributed by atoms with Crippen molar-refractivity contribution < 1.29 is 18.7 Å². The van der Waals surface area contributed by atoms with E-state index in [0.717, 1.165) is 0 Å². The summed E-state index contributed by atoms with van der Waals surface area (Å²) in [5.74, 6) is 1.23. The fourth-order valence-corrected chi connectivity index (χ4v) is 2.79. The minimum absolute atomic E-state index is 0.00980. The number of esters is 1. The van der Waals surface area contributed by atoms with Gasteiger partial charge < -0.3 is 13.9 Å². The molecule has 3 aromatic rings. The minimum atomic E-state index is -0.453. The van der Waals surface area contributed by atoms with E-state index in [0.29, 0.717) is 45.0 Å². The van der Waals surface area contributed by atoms with E-state index in [1.807, 2.05) is 13.0 Å². The summed E-state index contributed by atoms with van der Waals surface area (Å²) in [7, 11) is 0. The average molecular weight is 391 g/mol. The molecular weight excluding hydrogens is 375 g/mol. The standard InChI is InChI=1S/C20H16Cl2O4/c1-2-24-14-6-3-5-13(11-14)20(23)25-12-15-9-10-18(26-15)16-7-4-8-17(21)19(16)22/h3-11H,2,12H2,1H3. The van der Waals surface area contributed by atoms with E-state index in [-0.39, 0.29) is 6.61 Å². The third kappa shape index (κ3) is 4.21. The Morgan fingerprint density at radius 1 is 1.08 bits per heavy atom. The van der Waals surface area contributed by atoms with E-state index < -0.39 is 5.97 Å². The van der Waals surface area contributed by atoms with Crippen molar-refractivity contribution in [2.45, 2.75) is 13.5 Å². The molecule has 0 fully saturated rings. The predicted octanol–water partition coefficient (Wildman–Crippen LogP) is 6.01. The summed E-state index contributed by atoms with van der Waals surface area (Å²) in [6, 6.07) is 15.6. The van der Waals surface area contributed by atoms with E-state index in [9.17, 15) is 4.79 Å². The van der Waals surface area contributed by atoms with Gasteiger partial charge in [-0.1, -0.05) is 35.3 Å². The summed E-state index contributed by atoms with van der Waals surface area (Å²) in [5, 5.41) is 0.863. The minimum Gasteiger partial charge on any atom is -0.494 e. The first-order valence-electron chi connectivity index (χ1n) is 8.01. The van der Waals surface area contributed by atoms with Gasteiger partial charge in [-0.2, -0.15) is 0 Å². The normalized spacial score (nSPS) is 10.6. The van der Waals surface area contributed by atoms with Gasteiger partial charge in [0.25, 0.3) is 0 Å². The fraction of sp³-hybridized carbons (Fsp3) is 0.150. The van der Waals surface area contributed by atoms with Crippen molar-refractivity contribution in [1.29, 1.82) is 0 Å². The number of hydrogen-bond donors (Lipinski definition) is 0. The molecule has 0 aliphatic rings. The summed E-state index contributed by atoms with van der Waals surface area (Å²) in [4.78, 5) is 12.2. The molecule has 6 heteroatoms. The first kappa shape index (κ1) is 18.4. The van der Waals surface area contributed by atoms with Gasteiger partial charge in [-0.15, -0.1) is 0 Å². The Kier molecular flexibility index (Phi) is 5.86. The maximum absolute atomic E-state index is 12.2. The first-order valence-corrected chi connectivity index (χ1v) is 8.77. The molecule has 0 atom stereocenters. The number of benzene rings is 2. The molecular formula is C20H16Cl2O4. The third-order valence-electron chi connectivity index (χ3n) is 3.60. The van der Waals surface area contributed by atoms with Crippen LogP contribution in [0.5, 0.6) is 5.75 Å². The van der Waals surface area contributed by atoms with E-state index >= 15 is 0 Å². The Morgan fingerprint density at radius 2 is 1.88 bits per heavy atom. The van der Waals surface area contributed by atoms with Gasteiger partial charge >= 0.3 is 5.97 Å². The second-order valence-electron chi connectivity index (χ2n) is 5.40. The molecule has 3 rings (SSSR count). The summed E-state index contributed by atoms with van der Waals surface area (Å²) in [5.41, 5.74) is 1.10. The topological polar surface area (TPSA) is 48.7 Å². The maximum atomic E-state index is 12.2. The van der Waals surface area contributed by atoms with Gasteiger partial charge in [0, 0.05) is 5.56 Å². The van der Waals surface area contributed by atoms with Gasteiger partial charge in [-0.05, 0) is 49.4 Å². The zero-order chi connectivity index (χ0) is 18.5. The molecule has 4 nitrogen and oxygen atoms in total. The molecule has 1 aromatic heterocycles. The van der Waals surface area contributed by atoms with Gasteiger partial charge in [0.05, 0.1) is 22.2 Å². The first-order chi connectivity index (χ1) is 12.6. The fourth-order valence-electron chi connectivity index (χ4n) is 2.39. The molecule has 2 aromatic carbocycles. The lowest BCUT2D eigenvalue weighted by Crippen LogP contribution is -2.05. The number of carbonyl (C=O) groups excluding carboxylic acids is 1. The molecule has 134 valence electrons. The van der Waals surface area contributed by atoms with Crippen LogP contribution in [0.3, 0.4) is 0 Å². The Morgan fingerprint density at radius 3 is 2.69 bits per heavy atom. The lowest BCUT2D eigenvalue weighted by molar-refractivity contribution is 0.0446. The molecule has 1 heterocycles. The average Bonchev–Trinajstić information content (AvgIpc) is 3.11. The summed E-state index contributed by atoms with van der Waals surface area (Å²) in [6.45, 7) is 2.42. The smallest absolute Gasteiger partial charge is 0.338 e. The quantitative estimate of drug-likeness (QED) is 0.483. The van der Waals surface area contributed by atoms with Gasteiger partial charge in [-0.25, -0.2) is 4.79 Å². The zero-order valence-corrected chi connectivity index (χ0v) is 15.5. The van der Waals surface area contributed by atoms with Gasteiger partial charge in [0.15, 0.2) is 0 Å². The highest BCUT2D eigenvalue weighted by molar-refractivity contribution is 6.43. The van der Waals surface area contributed by atoms with Crippen LogP contribution in [0, 0.1) is 0 Å². The van der Waals surface area contributed by atoms with E-state index in [2.05, 4.69) is 0 Å². The van der Waals surface area contributed by atoms with Crippen molar-refractivity contribution in [3.63, 3.8) is 0 Å². The molecule has 0 radical (unpaired) electrons. The second kappa shape index (κ2) is 8.30. The van der Waals surface area contributed by atoms with Crippen molar-refractivity contribution in [3.05, 3.63) is 76.0 Å². The van der Waals surface area contributed by atoms with E-state index in [1.165, 1.54) is 0 Å². The van der Waals surface area contributed by atoms with Crippen molar-refractivity contribution in [1.82, 2.24) is 0 Å². The lowest BCUT2D eigenvalue weighted by Gasteiger charge is -2.06. The van der Waals surface area contributed by atoms with Crippen LogP contribution in [0.2, 0.25) is 10.0 Å². The van der Waals surface area contributed by atoms with Crippen LogP contribution in [0.15, 0.2) is 59.0 Å². The van der Waals surface area contributed by atoms with Crippen LogP contribution in [-0.2, 0) is 11.3 Å². The van der Waals surface area contributed by atoms with Crippen LogP contribution in [0.4, 0.5) is 0 Å². The van der Waals surface area contributed by atoms with E-state index in [4.69, 9.17) is 37.1 Å². The van der Waals surface area contributed by atoms with E-state index in [1.54, 1.807) is 48.5 Å². The Balaban J connectivity index is 1.67. The van der Waals surface area contributed by atoms with Gasteiger partial charge in [0.1, 0.15) is 23.9 Å². The number of rotatable bonds is 6. The number of furan rings is 1. The zero-order valence-electron chi connectivity index (χ0n) is 14.0. The van der Waals surface area contributed by atoms with Crippen LogP contribution < -0.4 is 4.74 Å². The van der Waals surface area contributed by atoms with Crippen LogP contribution in [0.25, 0.3) is 11.3 Å². The molecule has 0 bridgehead atoms. The Hall–Kier alpha value is -2.43. The summed E-state index contributed by atoms with van der Waals surface area (Å²) in [6.07, 6.45) is 0. The second-order valence-corrected chi connectivity index (χ2v) is 6.19. The van der Waals surface area contributed by atoms with Crippen LogP contribution in [-0.4, -0.2) is 12.6 Å². The Labute approximate surface area is 161 Å². The predicted molar refractivity (Wildman–Crippen MR) is 101 cm³/mol. The highest BCUT2D eigenvalue weighted by Crippen LogP contribution is 2.34. The third-order valence-corrected chi connectivity index (χ3v) is 4.42. The molecule has 0 aliphatic carbocycles. The molecule has 0 N–H and O–H groups in total. The molecule has 0 unspecified atom stereocenters. The lowest BCUT2D eigenvalue weighted by atomic mass is 10.2. The molecule has 0 saturated carbocycles.